The summed E-state index contributed by atoms with van der Waals surface area (Å²) in [5.41, 5.74) is 0. The van der Waals surface area contributed by atoms with E-state index < -0.39 is 15.4 Å². The maximum atomic E-state index is 8.67. The van der Waals surface area contributed by atoms with Gasteiger partial charge in [0.15, 0.2) is 0 Å². The van der Waals surface area contributed by atoms with Gasteiger partial charge < -0.3 is 5.48 Å². The molecule has 0 radical (unpaired) electrons. The zero-order chi connectivity index (χ0) is 3.58. The first-order valence-corrected chi connectivity index (χ1v) is 2.33. The van der Waals surface area contributed by atoms with Gasteiger partial charge in [-0.3, -0.25) is 0 Å². The van der Waals surface area contributed by atoms with Crippen LogP contribution in [0.2, 0.25) is 0 Å². The van der Waals surface area contributed by atoms with Gasteiger partial charge in [-0.1, -0.05) is 0 Å². The average molecular weight is 118 g/mol. The molecule has 0 bridgehead atoms. The summed E-state index contributed by atoms with van der Waals surface area (Å²) in [7, 11) is 0. The van der Waals surface area contributed by atoms with Crippen LogP contribution in [-0.2, 0) is 22.7 Å². The van der Waals surface area contributed by atoms with Crippen LogP contribution in [0.25, 0.3) is 0 Å². The van der Waals surface area contributed by atoms with Crippen molar-refractivity contribution in [2.75, 3.05) is 0 Å². The van der Waals surface area contributed by atoms with Crippen LogP contribution in [0.5, 0.6) is 0 Å². The molecule has 0 aromatic carbocycles. The van der Waals surface area contributed by atoms with Gasteiger partial charge in [0.25, 0.3) is 0 Å². The van der Waals surface area contributed by atoms with Gasteiger partial charge in [0.2, 0.25) is 0 Å². The minimum atomic E-state index is -3.69. The fourth-order valence-electron chi connectivity index (χ4n) is 0. The zero-order valence-electron chi connectivity index (χ0n) is 2.21. The molecule has 5 heteroatoms. The van der Waals surface area contributed by atoms with Crippen molar-refractivity contribution in [2.24, 2.45) is 0 Å². The van der Waals surface area contributed by atoms with Gasteiger partial charge >= 0.3 is 26.8 Å². The molecule has 0 aromatic rings. The molecule has 0 aromatic heterocycles. The van der Waals surface area contributed by atoms with E-state index >= 15 is 0 Å². The second kappa shape index (κ2) is 4.10. The van der Waals surface area contributed by atoms with E-state index in [0.29, 0.717) is 0 Å². The summed E-state index contributed by atoms with van der Waals surface area (Å²) in [5, 5.41) is 0. The van der Waals surface area contributed by atoms with Gasteiger partial charge in [0, 0.05) is 0 Å². The predicted octanol–water partition coefficient (Wildman–Crippen LogP) is -1.62. The monoisotopic (exact) mass is 118 g/mol. The van der Waals surface area contributed by atoms with Gasteiger partial charge in [-0.05, 0) is 0 Å². The summed E-state index contributed by atoms with van der Waals surface area (Å²) < 4.78 is 24.4. The van der Waals surface area contributed by atoms with E-state index in [2.05, 4.69) is 0 Å². The molecule has 0 saturated heterocycles. The summed E-state index contributed by atoms with van der Waals surface area (Å²) >= 11 is -3.69. The Kier molecular flexibility index (Phi) is 7.32. The summed E-state index contributed by atoms with van der Waals surface area (Å²) in [6.45, 7) is 0. The van der Waals surface area contributed by atoms with Crippen molar-refractivity contribution in [1.82, 2.24) is 0 Å². The normalized spacial score (nSPS) is 5.00. The van der Waals surface area contributed by atoms with E-state index in [4.69, 9.17) is 11.4 Å². The van der Waals surface area contributed by atoms with E-state index in [-0.39, 0.29) is 5.48 Å². The maximum absolute atomic E-state index is 8.67. The second-order valence-electron chi connectivity index (χ2n) is 0.238. The Morgan fingerprint density at radius 1 is 1.40 bits per heavy atom. The zero-order valence-corrected chi connectivity index (χ0v) is 3.61. The summed E-state index contributed by atoms with van der Waals surface area (Å²) in [6.07, 6.45) is 0. The Bertz CT molecular complexity index is 52.0. The van der Waals surface area contributed by atoms with E-state index in [0.717, 1.165) is 0 Å². The molecule has 0 amide bonds. The van der Waals surface area contributed by atoms with Crippen molar-refractivity contribution in [3.8, 4) is 0 Å². The minimum absolute atomic E-state index is 0. The topological polar surface area (TPSA) is 85.9 Å². The second-order valence-corrected chi connectivity index (χ2v) is 0.981. The third-order valence-electron chi connectivity index (χ3n) is 0. The molecule has 0 atom stereocenters. The Hall–Kier alpha value is 0.104. The van der Waals surface area contributed by atoms with E-state index in [1.54, 1.807) is 0 Å². The molecule has 5 heavy (non-hydrogen) atoms. The summed E-state index contributed by atoms with van der Waals surface area (Å²) in [5.74, 6) is 0. The third-order valence-corrected chi connectivity index (χ3v) is 0. The first-order valence-electron chi connectivity index (χ1n) is 0.565. The molecule has 0 rings (SSSR count). The van der Waals surface area contributed by atoms with Crippen molar-refractivity contribution in [1.29, 1.82) is 0 Å². The predicted molar refractivity (Wildman–Crippen MR) is 7.21 cm³/mol. The van der Waals surface area contributed by atoms with Crippen LogP contribution in [0.1, 0.15) is 0 Å². The molecule has 0 saturated carbocycles. The van der Waals surface area contributed by atoms with Gasteiger partial charge in [0.1, 0.15) is 0 Å². The Morgan fingerprint density at radius 2 is 1.40 bits per heavy atom. The SMILES string of the molecule is O.[O]=[V](=[O])[OH]. The fraction of sp³-hybridized carbons (Fsp3) is 0. The average Bonchev–Trinajstić information content (AvgIpc) is 0.811. The Morgan fingerprint density at radius 3 is 1.40 bits per heavy atom. The first kappa shape index (κ1) is 8.92. The molecule has 0 aliphatic rings. The van der Waals surface area contributed by atoms with Crippen LogP contribution in [0.3, 0.4) is 0 Å². The molecule has 0 spiro atoms. The van der Waals surface area contributed by atoms with Crippen LogP contribution >= 0.6 is 0 Å². The molecular weight excluding hydrogens is 115 g/mol. The summed E-state index contributed by atoms with van der Waals surface area (Å²) in [4.78, 5) is 0. The third kappa shape index (κ3) is 1670. The molecule has 3 N–H and O–H groups in total. The summed E-state index contributed by atoms with van der Waals surface area (Å²) in [6, 6.07) is 0. The number of hydrogen-bond acceptors (Lipinski definition) is 2. The molecule has 0 aliphatic carbocycles. The molecule has 0 heterocycles. The molecule has 32 valence electrons. The van der Waals surface area contributed by atoms with Gasteiger partial charge in [-0.2, -0.15) is 0 Å². The van der Waals surface area contributed by atoms with Gasteiger partial charge in [0.05, 0.1) is 0 Å². The fourth-order valence-corrected chi connectivity index (χ4v) is 0. The van der Waals surface area contributed by atoms with Crippen molar-refractivity contribution in [3.63, 3.8) is 0 Å². The van der Waals surface area contributed by atoms with Crippen LogP contribution in [0, 0.1) is 0 Å². The van der Waals surface area contributed by atoms with E-state index in [1.807, 2.05) is 0 Å². The van der Waals surface area contributed by atoms with Crippen LogP contribution in [-0.4, -0.2) is 9.51 Å². The molecular formula is H3O4V. The van der Waals surface area contributed by atoms with Crippen molar-refractivity contribution < 1.29 is 32.3 Å². The van der Waals surface area contributed by atoms with Crippen molar-refractivity contribution in [3.05, 3.63) is 0 Å². The Balaban J connectivity index is 0. The number of hydrogen-bond donors (Lipinski definition) is 1. The van der Waals surface area contributed by atoms with Gasteiger partial charge in [-0.25, -0.2) is 0 Å². The molecule has 0 fully saturated rings. The van der Waals surface area contributed by atoms with Crippen molar-refractivity contribution >= 4 is 0 Å². The molecule has 0 unspecified atom stereocenters. The van der Waals surface area contributed by atoms with Crippen LogP contribution < -0.4 is 0 Å². The molecule has 0 aliphatic heterocycles. The number of rotatable bonds is 0. The van der Waals surface area contributed by atoms with E-state index in [9.17, 15) is 0 Å². The van der Waals surface area contributed by atoms with Crippen molar-refractivity contribution in [2.45, 2.75) is 0 Å². The Labute approximate surface area is 33.1 Å². The molecule has 4 nitrogen and oxygen atoms in total. The van der Waals surface area contributed by atoms with E-state index in [1.165, 1.54) is 0 Å². The van der Waals surface area contributed by atoms with Crippen LogP contribution in [0.4, 0.5) is 0 Å². The van der Waals surface area contributed by atoms with Crippen LogP contribution in [0.15, 0.2) is 0 Å². The quantitative estimate of drug-likeness (QED) is 0.414. The standard InChI is InChI=1S/2H2O.2O.V/h2*1H2;;;/q;;;;+1/p-1. The first-order chi connectivity index (χ1) is 1.73. The van der Waals surface area contributed by atoms with Gasteiger partial charge in [-0.15, -0.1) is 0 Å².